The summed E-state index contributed by atoms with van der Waals surface area (Å²) < 4.78 is 2.55. The lowest BCUT2D eigenvalue weighted by Gasteiger charge is -2.18. The molecule has 1 aromatic heterocycles. The molecular formula is C26H37NSi2. The van der Waals surface area contributed by atoms with Crippen molar-refractivity contribution in [2.75, 3.05) is 0 Å². The van der Waals surface area contributed by atoms with Gasteiger partial charge in [-0.3, -0.25) is 0 Å². The van der Waals surface area contributed by atoms with E-state index in [1.807, 2.05) is 0 Å². The number of fused-ring (bicyclic) bond motifs is 3. The van der Waals surface area contributed by atoms with E-state index in [-0.39, 0.29) is 0 Å². The molecule has 0 aliphatic carbocycles. The third-order valence-electron chi connectivity index (χ3n) is 6.61. The van der Waals surface area contributed by atoms with Gasteiger partial charge < -0.3 is 4.57 Å². The van der Waals surface area contributed by atoms with Crippen LogP contribution in [-0.2, 0) is 6.54 Å². The molecule has 1 nitrogen and oxygen atoms in total. The first kappa shape index (κ1) is 21.9. The van der Waals surface area contributed by atoms with Crippen LogP contribution in [0.1, 0.15) is 32.6 Å². The van der Waals surface area contributed by atoms with Crippen LogP contribution in [0.4, 0.5) is 0 Å². The number of unbranched alkanes of at least 4 members (excludes halogenated alkanes) is 3. The standard InChI is InChI=1S/C26H37NSi2/c1-8-11-12-13-18-27-25-16-14-21(28(4,5)9-2)19-23(25)24-20-22(15-17-26(24)27)29(6,7)10-3/h9-10,14-17,19-20H,2-3,8,11-13,18H2,1,4-7H3. The predicted molar refractivity (Wildman–Crippen MR) is 138 cm³/mol. The molecule has 29 heavy (non-hydrogen) atoms. The van der Waals surface area contributed by atoms with E-state index in [0.717, 1.165) is 6.54 Å². The van der Waals surface area contributed by atoms with Gasteiger partial charge in [0.25, 0.3) is 0 Å². The van der Waals surface area contributed by atoms with Gasteiger partial charge in [-0.15, -0.1) is 13.2 Å². The fraction of sp³-hybridized carbons (Fsp3) is 0.385. The van der Waals surface area contributed by atoms with Gasteiger partial charge >= 0.3 is 0 Å². The third-order valence-corrected chi connectivity index (χ3v) is 12.2. The van der Waals surface area contributed by atoms with Crippen LogP contribution in [0.3, 0.4) is 0 Å². The molecule has 3 heteroatoms. The second-order valence-corrected chi connectivity index (χ2v) is 18.4. The highest BCUT2D eigenvalue weighted by Gasteiger charge is 2.23. The molecule has 0 atom stereocenters. The molecule has 2 aromatic carbocycles. The van der Waals surface area contributed by atoms with Crippen LogP contribution >= 0.6 is 0 Å². The molecule has 0 spiro atoms. The molecule has 0 amide bonds. The summed E-state index contributed by atoms with van der Waals surface area (Å²) in [6.07, 6.45) is 5.16. The van der Waals surface area contributed by atoms with Crippen molar-refractivity contribution in [1.29, 1.82) is 0 Å². The van der Waals surface area contributed by atoms with Crippen LogP contribution in [0, 0.1) is 0 Å². The summed E-state index contributed by atoms with van der Waals surface area (Å²) in [7, 11) is -3.19. The lowest BCUT2D eigenvalue weighted by atomic mass is 10.1. The maximum Gasteiger partial charge on any atom is 0.103 e. The van der Waals surface area contributed by atoms with Gasteiger partial charge in [0.2, 0.25) is 0 Å². The third kappa shape index (κ3) is 4.22. The molecule has 0 saturated heterocycles. The Kier molecular flexibility index (Phi) is 6.40. The van der Waals surface area contributed by atoms with E-state index >= 15 is 0 Å². The minimum Gasteiger partial charge on any atom is -0.340 e. The topological polar surface area (TPSA) is 4.93 Å². The molecule has 0 bridgehead atoms. The Hall–Kier alpha value is -1.85. The maximum absolute atomic E-state index is 4.12. The first-order chi connectivity index (χ1) is 13.7. The van der Waals surface area contributed by atoms with Gasteiger partial charge in [-0.05, 0) is 18.6 Å². The zero-order chi connectivity index (χ0) is 21.2. The van der Waals surface area contributed by atoms with E-state index in [1.54, 1.807) is 0 Å². The lowest BCUT2D eigenvalue weighted by Crippen LogP contribution is -2.39. The zero-order valence-corrected chi connectivity index (χ0v) is 21.0. The molecule has 0 N–H and O–H groups in total. The van der Waals surface area contributed by atoms with Gasteiger partial charge in [0, 0.05) is 28.4 Å². The van der Waals surface area contributed by atoms with Crippen LogP contribution in [0.2, 0.25) is 26.2 Å². The summed E-state index contributed by atoms with van der Waals surface area (Å²) in [6.45, 7) is 21.1. The van der Waals surface area contributed by atoms with Gasteiger partial charge in [0.15, 0.2) is 0 Å². The highest BCUT2D eigenvalue weighted by molar-refractivity contribution is 6.94. The van der Waals surface area contributed by atoms with Crippen molar-refractivity contribution in [2.24, 2.45) is 0 Å². The van der Waals surface area contributed by atoms with Crippen molar-refractivity contribution in [3.8, 4) is 0 Å². The molecular weight excluding hydrogens is 382 g/mol. The van der Waals surface area contributed by atoms with E-state index in [9.17, 15) is 0 Å². The predicted octanol–water partition coefficient (Wildman–Crippen LogP) is 6.66. The number of aromatic nitrogens is 1. The second kappa shape index (κ2) is 8.49. The van der Waals surface area contributed by atoms with Gasteiger partial charge in [-0.2, -0.15) is 0 Å². The summed E-state index contributed by atoms with van der Waals surface area (Å²) >= 11 is 0. The number of benzene rings is 2. The summed E-state index contributed by atoms with van der Waals surface area (Å²) in [4.78, 5) is 0. The quantitative estimate of drug-likeness (QED) is 0.270. The van der Waals surface area contributed by atoms with E-state index in [1.165, 1.54) is 57.9 Å². The Labute approximate surface area is 179 Å². The molecule has 0 aliphatic heterocycles. The molecule has 3 rings (SSSR count). The molecule has 154 valence electrons. The Balaban J connectivity index is 2.23. The molecule has 0 saturated carbocycles. The van der Waals surface area contributed by atoms with Crippen LogP contribution in [0.5, 0.6) is 0 Å². The average molecular weight is 420 g/mol. The number of aryl methyl sites for hydroxylation is 1. The SMILES string of the molecule is C=C[Si](C)(C)c1ccc2c(c1)c1cc([Si](C)(C)C=C)ccc1n2CCCCCC. The van der Waals surface area contributed by atoms with Crippen LogP contribution < -0.4 is 10.4 Å². The van der Waals surface area contributed by atoms with Crippen LogP contribution in [-0.4, -0.2) is 20.7 Å². The van der Waals surface area contributed by atoms with Crippen molar-refractivity contribution in [1.82, 2.24) is 4.57 Å². The van der Waals surface area contributed by atoms with Crippen molar-refractivity contribution < 1.29 is 0 Å². The fourth-order valence-electron chi connectivity index (χ4n) is 4.08. The molecule has 0 fully saturated rings. The van der Waals surface area contributed by atoms with Gasteiger partial charge in [-0.25, -0.2) is 0 Å². The minimum atomic E-state index is -1.59. The van der Waals surface area contributed by atoms with E-state index in [4.69, 9.17) is 0 Å². The summed E-state index contributed by atoms with van der Waals surface area (Å²) in [5.41, 5.74) is 7.14. The zero-order valence-electron chi connectivity index (χ0n) is 19.0. The number of hydrogen-bond acceptors (Lipinski definition) is 0. The van der Waals surface area contributed by atoms with Crippen LogP contribution in [0.15, 0.2) is 61.0 Å². The molecule has 0 aliphatic rings. The first-order valence-electron chi connectivity index (χ1n) is 11.1. The van der Waals surface area contributed by atoms with Crippen molar-refractivity contribution in [3.63, 3.8) is 0 Å². The van der Waals surface area contributed by atoms with Gasteiger partial charge in [-0.1, -0.05) is 98.4 Å². The summed E-state index contributed by atoms with van der Waals surface area (Å²) in [5, 5.41) is 5.75. The number of rotatable bonds is 9. The highest BCUT2D eigenvalue weighted by atomic mass is 28.3. The van der Waals surface area contributed by atoms with Gasteiger partial charge in [0.05, 0.1) is 0 Å². The minimum absolute atomic E-state index is 1.10. The smallest absolute Gasteiger partial charge is 0.103 e. The van der Waals surface area contributed by atoms with Crippen molar-refractivity contribution in [2.45, 2.75) is 65.3 Å². The number of nitrogens with zero attached hydrogens (tertiary/aromatic N) is 1. The van der Waals surface area contributed by atoms with Crippen LogP contribution in [0.25, 0.3) is 21.8 Å². The first-order valence-corrected chi connectivity index (χ1v) is 17.2. The Morgan fingerprint density at radius 1 is 0.759 bits per heavy atom. The van der Waals surface area contributed by atoms with Gasteiger partial charge in [0.1, 0.15) is 16.1 Å². The Morgan fingerprint density at radius 2 is 1.24 bits per heavy atom. The Bertz CT molecular complexity index is 962. The maximum atomic E-state index is 4.12. The Morgan fingerprint density at radius 3 is 1.66 bits per heavy atom. The lowest BCUT2D eigenvalue weighted by molar-refractivity contribution is 0.602. The average Bonchev–Trinajstić information content (AvgIpc) is 3.03. The summed E-state index contributed by atoms with van der Waals surface area (Å²) in [6, 6.07) is 14.3. The van der Waals surface area contributed by atoms with E-state index < -0.39 is 16.1 Å². The molecule has 0 radical (unpaired) electrons. The van der Waals surface area contributed by atoms with Crippen molar-refractivity contribution >= 4 is 48.3 Å². The number of hydrogen-bond donors (Lipinski definition) is 0. The molecule has 0 unspecified atom stereocenters. The monoisotopic (exact) mass is 419 g/mol. The van der Waals surface area contributed by atoms with E-state index in [2.05, 4.69) is 98.6 Å². The molecule has 3 aromatic rings. The highest BCUT2D eigenvalue weighted by Crippen LogP contribution is 2.30. The summed E-state index contributed by atoms with van der Waals surface area (Å²) in [5.74, 6) is 0. The molecule has 1 heterocycles. The van der Waals surface area contributed by atoms with E-state index in [0.29, 0.717) is 0 Å². The fourth-order valence-corrected chi connectivity index (χ4v) is 6.61. The second-order valence-electron chi connectivity index (χ2n) is 9.53. The largest absolute Gasteiger partial charge is 0.340 e. The van der Waals surface area contributed by atoms with Crippen molar-refractivity contribution in [3.05, 3.63) is 61.0 Å². The normalized spacial score (nSPS) is 12.6.